The molecule has 1 rings (SSSR count). The van der Waals surface area contributed by atoms with Crippen LogP contribution in [-0.2, 0) is 0 Å². The van der Waals surface area contributed by atoms with Gasteiger partial charge in [0.15, 0.2) is 0 Å². The van der Waals surface area contributed by atoms with E-state index in [0.29, 0.717) is 0 Å². The second kappa shape index (κ2) is 2.60. The van der Waals surface area contributed by atoms with E-state index >= 15 is 0 Å². The van der Waals surface area contributed by atoms with Crippen LogP contribution in [0.4, 0.5) is 0 Å². The molecule has 0 unspecified atom stereocenters. The average Bonchev–Trinajstić information content (AvgIpc) is 1.88. The second-order valence-electron chi connectivity index (χ2n) is 2.44. The fourth-order valence-corrected chi connectivity index (χ4v) is 1.37. The molecule has 0 bridgehead atoms. The van der Waals surface area contributed by atoms with Crippen molar-refractivity contribution >= 4 is 10.3 Å². The summed E-state index contributed by atoms with van der Waals surface area (Å²) in [5.41, 5.74) is 0. The zero-order chi connectivity index (χ0) is 7.61. The Morgan fingerprint density at radius 1 is 1.40 bits per heavy atom. The van der Waals surface area contributed by atoms with Gasteiger partial charge in [0.2, 0.25) is 0 Å². The summed E-state index contributed by atoms with van der Waals surface area (Å²) in [6, 6.07) is 5.57. The van der Waals surface area contributed by atoms with Gasteiger partial charge in [-0.25, -0.2) is 4.98 Å². The first-order valence-electron chi connectivity index (χ1n) is 2.97. The molecule has 2 nitrogen and oxygen atoms in total. The lowest BCUT2D eigenvalue weighted by Crippen LogP contribution is -1.95. The van der Waals surface area contributed by atoms with Crippen molar-refractivity contribution in [3.8, 4) is 0 Å². The Bertz CT molecular complexity index is 205. The Labute approximate surface area is 62.4 Å². The number of rotatable bonds is 1. The maximum Gasteiger partial charge on any atom is 0.100 e. The van der Waals surface area contributed by atoms with E-state index in [0.717, 1.165) is 5.03 Å². The van der Waals surface area contributed by atoms with Crippen molar-refractivity contribution < 1.29 is 4.55 Å². The molecule has 0 atom stereocenters. The molecule has 0 aromatic carbocycles. The van der Waals surface area contributed by atoms with Crippen LogP contribution in [0.15, 0.2) is 29.4 Å². The molecule has 56 valence electrons. The summed E-state index contributed by atoms with van der Waals surface area (Å²) < 4.78 is 9.51. The van der Waals surface area contributed by atoms with E-state index in [1.165, 1.54) is 0 Å². The minimum absolute atomic E-state index is 0.787. The maximum atomic E-state index is 9.51. The van der Waals surface area contributed by atoms with E-state index in [2.05, 4.69) is 4.98 Å². The molecule has 3 heteroatoms. The Morgan fingerprint density at radius 3 is 2.40 bits per heavy atom. The molecule has 0 spiro atoms. The van der Waals surface area contributed by atoms with E-state index in [1.807, 2.05) is 18.2 Å². The number of hydrogen-bond donors (Lipinski definition) is 1. The summed E-state index contributed by atoms with van der Waals surface area (Å²) in [6.07, 6.45) is 5.30. The second-order valence-corrected chi connectivity index (χ2v) is 5.41. The van der Waals surface area contributed by atoms with Gasteiger partial charge in [-0.3, -0.25) is 0 Å². The molecule has 1 aromatic rings. The molecule has 10 heavy (non-hydrogen) atoms. The highest BCUT2D eigenvalue weighted by Crippen LogP contribution is 2.42. The number of aromatic nitrogens is 1. The van der Waals surface area contributed by atoms with Gasteiger partial charge >= 0.3 is 0 Å². The minimum Gasteiger partial charge on any atom is -0.346 e. The highest BCUT2D eigenvalue weighted by molar-refractivity contribution is 8.27. The quantitative estimate of drug-likeness (QED) is 0.676. The monoisotopic (exact) mass is 157 g/mol. The SMILES string of the molecule is CS(C)(O)c1ccccn1. The fraction of sp³-hybridized carbons (Fsp3) is 0.286. The largest absolute Gasteiger partial charge is 0.346 e. The van der Waals surface area contributed by atoms with E-state index in [1.54, 1.807) is 18.7 Å². The van der Waals surface area contributed by atoms with Crippen molar-refractivity contribution in [1.82, 2.24) is 4.98 Å². The van der Waals surface area contributed by atoms with Crippen LogP contribution in [-0.4, -0.2) is 22.0 Å². The van der Waals surface area contributed by atoms with Crippen molar-refractivity contribution in [2.45, 2.75) is 5.03 Å². The highest BCUT2D eigenvalue weighted by Gasteiger charge is 2.09. The third-order valence-corrected chi connectivity index (χ3v) is 2.41. The van der Waals surface area contributed by atoms with Gasteiger partial charge in [0.25, 0.3) is 0 Å². The number of pyridine rings is 1. The Hall–Kier alpha value is -0.540. The first-order chi connectivity index (χ1) is 4.61. The number of hydrogen-bond acceptors (Lipinski definition) is 2. The summed E-state index contributed by atoms with van der Waals surface area (Å²) in [4.78, 5) is 4.04. The molecule has 0 saturated heterocycles. The lowest BCUT2D eigenvalue weighted by atomic mass is 10.5. The van der Waals surface area contributed by atoms with Crippen LogP contribution < -0.4 is 0 Å². The normalized spacial score (nSPS) is 13.1. The Morgan fingerprint density at radius 2 is 2.10 bits per heavy atom. The molecule has 0 aliphatic rings. The molecule has 0 saturated carbocycles. The molecular weight excluding hydrogens is 146 g/mol. The lowest BCUT2D eigenvalue weighted by molar-refractivity contribution is 0.632. The van der Waals surface area contributed by atoms with Gasteiger partial charge in [0.1, 0.15) is 5.03 Å². The van der Waals surface area contributed by atoms with Gasteiger partial charge in [-0.15, -0.1) is 10.3 Å². The number of nitrogens with zero attached hydrogens (tertiary/aromatic N) is 1. The fourth-order valence-electron chi connectivity index (χ4n) is 0.643. The van der Waals surface area contributed by atoms with Crippen LogP contribution in [0.3, 0.4) is 0 Å². The van der Waals surface area contributed by atoms with Gasteiger partial charge < -0.3 is 4.55 Å². The predicted octanol–water partition coefficient (Wildman–Crippen LogP) is 1.98. The van der Waals surface area contributed by atoms with Gasteiger partial charge in [-0.1, -0.05) is 6.07 Å². The lowest BCUT2D eigenvalue weighted by Gasteiger charge is -2.21. The molecule has 0 amide bonds. The molecule has 0 radical (unpaired) electrons. The minimum atomic E-state index is -1.61. The summed E-state index contributed by atoms with van der Waals surface area (Å²) in [7, 11) is -1.61. The third kappa shape index (κ3) is 1.72. The molecular formula is C7H11NOS. The molecule has 0 aliphatic heterocycles. The summed E-state index contributed by atoms with van der Waals surface area (Å²) in [5.74, 6) is 0. The van der Waals surface area contributed by atoms with Crippen LogP contribution in [0.2, 0.25) is 0 Å². The molecule has 0 fully saturated rings. The standard InChI is InChI=1S/C7H11NOS/c1-10(2,9)7-5-3-4-6-8-7/h3-6,9H,1-2H3. The van der Waals surface area contributed by atoms with Crippen molar-refractivity contribution in [3.05, 3.63) is 24.4 Å². The third-order valence-electron chi connectivity index (χ3n) is 1.15. The first-order valence-corrected chi connectivity index (χ1v) is 5.38. The average molecular weight is 157 g/mol. The van der Waals surface area contributed by atoms with Gasteiger partial charge in [-0.05, 0) is 24.6 Å². The molecule has 1 aromatic heterocycles. The van der Waals surface area contributed by atoms with Crippen LogP contribution in [0.25, 0.3) is 0 Å². The van der Waals surface area contributed by atoms with Crippen molar-refractivity contribution in [3.63, 3.8) is 0 Å². The van der Waals surface area contributed by atoms with E-state index in [4.69, 9.17) is 0 Å². The van der Waals surface area contributed by atoms with Gasteiger partial charge in [-0.2, -0.15) is 0 Å². The Kier molecular flexibility index (Phi) is 1.97. The molecule has 1 N–H and O–H groups in total. The zero-order valence-corrected chi connectivity index (χ0v) is 6.93. The topological polar surface area (TPSA) is 33.1 Å². The van der Waals surface area contributed by atoms with Crippen LogP contribution in [0, 0.1) is 0 Å². The van der Waals surface area contributed by atoms with Crippen LogP contribution >= 0.6 is 10.3 Å². The van der Waals surface area contributed by atoms with Crippen molar-refractivity contribution in [2.75, 3.05) is 12.5 Å². The highest BCUT2D eigenvalue weighted by atomic mass is 32.3. The summed E-state index contributed by atoms with van der Waals surface area (Å²) in [6.45, 7) is 0. The summed E-state index contributed by atoms with van der Waals surface area (Å²) >= 11 is 0. The zero-order valence-electron chi connectivity index (χ0n) is 6.11. The van der Waals surface area contributed by atoms with Crippen LogP contribution in [0.1, 0.15) is 0 Å². The van der Waals surface area contributed by atoms with E-state index in [9.17, 15) is 4.55 Å². The van der Waals surface area contributed by atoms with Crippen LogP contribution in [0.5, 0.6) is 0 Å². The Balaban J connectivity index is 2.97. The van der Waals surface area contributed by atoms with Crippen molar-refractivity contribution in [1.29, 1.82) is 0 Å². The molecule has 0 aliphatic carbocycles. The van der Waals surface area contributed by atoms with Gasteiger partial charge in [0, 0.05) is 6.20 Å². The predicted molar refractivity (Wildman–Crippen MR) is 44.6 cm³/mol. The maximum absolute atomic E-state index is 9.51. The van der Waals surface area contributed by atoms with E-state index < -0.39 is 10.3 Å². The van der Waals surface area contributed by atoms with Crippen molar-refractivity contribution in [2.24, 2.45) is 0 Å². The first kappa shape index (κ1) is 7.57. The smallest absolute Gasteiger partial charge is 0.100 e. The summed E-state index contributed by atoms with van der Waals surface area (Å²) in [5, 5.41) is 0.787. The molecule has 1 heterocycles. The van der Waals surface area contributed by atoms with E-state index in [-0.39, 0.29) is 0 Å². The van der Waals surface area contributed by atoms with Gasteiger partial charge in [0.05, 0.1) is 0 Å².